The van der Waals surface area contributed by atoms with E-state index in [0.717, 1.165) is 11.3 Å². The summed E-state index contributed by atoms with van der Waals surface area (Å²) >= 11 is 0. The molecule has 0 unspecified atom stereocenters. The van der Waals surface area contributed by atoms with Gasteiger partial charge in [-0.05, 0) is 18.9 Å². The van der Waals surface area contributed by atoms with E-state index in [-0.39, 0.29) is 11.0 Å². The van der Waals surface area contributed by atoms with E-state index in [4.69, 9.17) is 4.74 Å². The van der Waals surface area contributed by atoms with E-state index >= 15 is 0 Å². The second kappa shape index (κ2) is 7.42. The van der Waals surface area contributed by atoms with Crippen LogP contribution in [-0.2, 0) is 23.2 Å². The molecule has 1 aromatic heterocycles. The Morgan fingerprint density at radius 2 is 1.95 bits per heavy atom. The van der Waals surface area contributed by atoms with Gasteiger partial charge in [-0.15, -0.1) is 0 Å². The minimum absolute atomic E-state index is 0.0513. The van der Waals surface area contributed by atoms with E-state index in [2.05, 4.69) is 32.2 Å². The van der Waals surface area contributed by atoms with E-state index in [1.165, 1.54) is 25.7 Å². The minimum atomic E-state index is -0.0513. The molecule has 0 atom stereocenters. The van der Waals surface area contributed by atoms with Crippen LogP contribution in [0.5, 0.6) is 0 Å². The molecular weight excluding hydrogens is 276 g/mol. The van der Waals surface area contributed by atoms with Crippen LogP contribution in [0.15, 0.2) is 16.9 Å². The first-order valence-electron chi connectivity index (χ1n) is 8.39. The van der Waals surface area contributed by atoms with Crippen molar-refractivity contribution in [2.45, 2.75) is 71.0 Å². The molecule has 1 heterocycles. The molecular formula is C18H30N2O2. The fourth-order valence-electron chi connectivity index (χ4n) is 3.20. The molecule has 1 aromatic rings. The minimum Gasteiger partial charge on any atom is -0.383 e. The fraction of sp³-hybridized carbons (Fsp3) is 0.722. The van der Waals surface area contributed by atoms with Crippen LogP contribution in [0.4, 0.5) is 0 Å². The van der Waals surface area contributed by atoms with Crippen molar-refractivity contribution in [2.24, 2.45) is 0 Å². The molecule has 0 aromatic carbocycles. The lowest BCUT2D eigenvalue weighted by atomic mass is 9.90. The predicted octanol–water partition coefficient (Wildman–Crippen LogP) is 2.82. The van der Waals surface area contributed by atoms with E-state index < -0.39 is 0 Å². The molecule has 1 aliphatic carbocycles. The van der Waals surface area contributed by atoms with Crippen LogP contribution in [0.3, 0.4) is 0 Å². The lowest BCUT2D eigenvalue weighted by Crippen LogP contribution is -2.35. The molecule has 4 heteroatoms. The second-order valence-electron chi connectivity index (χ2n) is 7.31. The van der Waals surface area contributed by atoms with E-state index in [1.807, 2.05) is 10.6 Å². The third-order valence-corrected chi connectivity index (χ3v) is 4.48. The number of rotatable bonds is 6. The van der Waals surface area contributed by atoms with Gasteiger partial charge in [0.25, 0.3) is 5.56 Å². The lowest BCUT2D eigenvalue weighted by molar-refractivity contribution is 0.184. The summed E-state index contributed by atoms with van der Waals surface area (Å²) in [5.74, 6) is 0. The van der Waals surface area contributed by atoms with Crippen molar-refractivity contribution in [1.29, 1.82) is 0 Å². The first-order valence-corrected chi connectivity index (χ1v) is 8.39. The monoisotopic (exact) mass is 306 g/mol. The molecule has 22 heavy (non-hydrogen) atoms. The average molecular weight is 306 g/mol. The Bertz CT molecular complexity index is 537. The van der Waals surface area contributed by atoms with Crippen molar-refractivity contribution in [1.82, 2.24) is 9.88 Å². The van der Waals surface area contributed by atoms with Gasteiger partial charge in [0, 0.05) is 42.9 Å². The van der Waals surface area contributed by atoms with E-state index in [0.29, 0.717) is 25.7 Å². The van der Waals surface area contributed by atoms with Gasteiger partial charge in [0.15, 0.2) is 0 Å². The Hall–Kier alpha value is -1.13. The van der Waals surface area contributed by atoms with Gasteiger partial charge in [-0.25, -0.2) is 0 Å². The maximum atomic E-state index is 12.8. The standard InChI is InChI=1S/C18H30N2O2/c1-18(2,3)16-10-9-14(13-19-15-7-5-6-8-15)17(21)20(16)11-12-22-4/h9-10,15,19H,5-8,11-13H2,1-4H3. The van der Waals surface area contributed by atoms with Crippen molar-refractivity contribution in [3.63, 3.8) is 0 Å². The number of nitrogens with zero attached hydrogens (tertiary/aromatic N) is 1. The molecule has 1 N–H and O–H groups in total. The van der Waals surface area contributed by atoms with Crippen LogP contribution >= 0.6 is 0 Å². The van der Waals surface area contributed by atoms with Crippen LogP contribution in [0.25, 0.3) is 0 Å². The molecule has 1 aliphatic rings. The summed E-state index contributed by atoms with van der Waals surface area (Å²) in [6.45, 7) is 8.26. The zero-order valence-corrected chi connectivity index (χ0v) is 14.4. The molecule has 0 radical (unpaired) electrons. The zero-order valence-electron chi connectivity index (χ0n) is 14.4. The van der Waals surface area contributed by atoms with Crippen LogP contribution in [0.2, 0.25) is 0 Å². The van der Waals surface area contributed by atoms with Crippen LogP contribution in [0.1, 0.15) is 57.7 Å². The zero-order chi connectivity index (χ0) is 16.2. The summed E-state index contributed by atoms with van der Waals surface area (Å²) in [5.41, 5.74) is 2.00. The summed E-state index contributed by atoms with van der Waals surface area (Å²) in [4.78, 5) is 12.8. The van der Waals surface area contributed by atoms with E-state index in [1.54, 1.807) is 7.11 Å². The van der Waals surface area contributed by atoms with Crippen LogP contribution in [-0.4, -0.2) is 24.3 Å². The van der Waals surface area contributed by atoms with Crippen molar-refractivity contribution < 1.29 is 4.74 Å². The summed E-state index contributed by atoms with van der Waals surface area (Å²) in [6.07, 6.45) is 5.08. The van der Waals surface area contributed by atoms with Crippen molar-refractivity contribution in [3.05, 3.63) is 33.7 Å². The molecule has 124 valence electrons. The Labute approximate surface area is 133 Å². The number of aromatic nitrogens is 1. The maximum absolute atomic E-state index is 12.8. The first kappa shape index (κ1) is 17.2. The SMILES string of the molecule is COCCn1c(C(C)(C)C)ccc(CNC2CCCC2)c1=O. The molecule has 1 saturated carbocycles. The average Bonchev–Trinajstić information content (AvgIpc) is 2.96. The van der Waals surface area contributed by atoms with Gasteiger partial charge in [-0.1, -0.05) is 39.7 Å². The van der Waals surface area contributed by atoms with Crippen LogP contribution < -0.4 is 10.9 Å². The van der Waals surface area contributed by atoms with Gasteiger partial charge >= 0.3 is 0 Å². The molecule has 0 amide bonds. The van der Waals surface area contributed by atoms with Gasteiger partial charge in [0.05, 0.1) is 6.61 Å². The summed E-state index contributed by atoms with van der Waals surface area (Å²) in [7, 11) is 1.67. The number of pyridine rings is 1. The van der Waals surface area contributed by atoms with Gasteiger partial charge < -0.3 is 14.6 Å². The molecule has 2 rings (SSSR count). The number of hydrogen-bond donors (Lipinski definition) is 1. The smallest absolute Gasteiger partial charge is 0.255 e. The highest BCUT2D eigenvalue weighted by Crippen LogP contribution is 2.21. The number of nitrogens with one attached hydrogen (secondary N) is 1. The second-order valence-corrected chi connectivity index (χ2v) is 7.31. The van der Waals surface area contributed by atoms with Crippen LogP contribution in [0, 0.1) is 0 Å². The van der Waals surface area contributed by atoms with Gasteiger partial charge in [0.1, 0.15) is 0 Å². The van der Waals surface area contributed by atoms with Gasteiger partial charge in [0.2, 0.25) is 0 Å². The number of methoxy groups -OCH3 is 1. The fourth-order valence-corrected chi connectivity index (χ4v) is 3.20. The van der Waals surface area contributed by atoms with Gasteiger partial charge in [-0.3, -0.25) is 4.79 Å². The van der Waals surface area contributed by atoms with Crippen molar-refractivity contribution >= 4 is 0 Å². The number of hydrogen-bond acceptors (Lipinski definition) is 3. The van der Waals surface area contributed by atoms with Crippen molar-refractivity contribution in [3.8, 4) is 0 Å². The summed E-state index contributed by atoms with van der Waals surface area (Å²) in [5, 5.41) is 3.54. The number of ether oxygens (including phenoxy) is 1. The first-order chi connectivity index (χ1) is 10.4. The van der Waals surface area contributed by atoms with Gasteiger partial charge in [-0.2, -0.15) is 0 Å². The molecule has 0 saturated heterocycles. The predicted molar refractivity (Wildman–Crippen MR) is 90.4 cm³/mol. The highest BCUT2D eigenvalue weighted by molar-refractivity contribution is 5.21. The van der Waals surface area contributed by atoms with Crippen molar-refractivity contribution in [2.75, 3.05) is 13.7 Å². The maximum Gasteiger partial charge on any atom is 0.255 e. The third kappa shape index (κ3) is 4.20. The largest absolute Gasteiger partial charge is 0.383 e. The molecule has 1 fully saturated rings. The Balaban J connectivity index is 2.22. The quantitative estimate of drug-likeness (QED) is 0.879. The Morgan fingerprint density at radius 3 is 2.55 bits per heavy atom. The highest BCUT2D eigenvalue weighted by atomic mass is 16.5. The molecule has 4 nitrogen and oxygen atoms in total. The lowest BCUT2D eigenvalue weighted by Gasteiger charge is -2.25. The Kier molecular flexibility index (Phi) is 5.81. The van der Waals surface area contributed by atoms with E-state index in [9.17, 15) is 4.79 Å². The highest BCUT2D eigenvalue weighted by Gasteiger charge is 2.21. The molecule has 0 spiro atoms. The third-order valence-electron chi connectivity index (χ3n) is 4.48. The Morgan fingerprint density at radius 1 is 1.27 bits per heavy atom. The topological polar surface area (TPSA) is 43.3 Å². The molecule has 0 aliphatic heterocycles. The molecule has 0 bridgehead atoms. The summed E-state index contributed by atoms with van der Waals surface area (Å²) in [6, 6.07) is 4.67. The normalized spacial score (nSPS) is 16.4. The summed E-state index contributed by atoms with van der Waals surface area (Å²) < 4.78 is 7.06.